The molecule has 1 atom stereocenters. The Hall–Kier alpha value is -2.92. The first-order valence-corrected chi connectivity index (χ1v) is 11.8. The van der Waals surface area contributed by atoms with Crippen molar-refractivity contribution >= 4 is 27.7 Å². The quantitative estimate of drug-likeness (QED) is 0.424. The molecule has 0 bridgehead atoms. The molecular formula is C27H29BrN2O2. The minimum absolute atomic E-state index is 0.0632. The average molecular weight is 493 g/mol. The molecule has 3 rings (SSSR count). The third-order valence-corrected chi connectivity index (χ3v) is 5.81. The van der Waals surface area contributed by atoms with Gasteiger partial charge in [-0.3, -0.25) is 9.59 Å². The second kappa shape index (κ2) is 12.2. The van der Waals surface area contributed by atoms with Gasteiger partial charge in [0.25, 0.3) is 0 Å². The van der Waals surface area contributed by atoms with Crippen LogP contribution in [0.5, 0.6) is 0 Å². The minimum Gasteiger partial charge on any atom is -0.354 e. The van der Waals surface area contributed by atoms with E-state index in [4.69, 9.17) is 0 Å². The van der Waals surface area contributed by atoms with Crippen molar-refractivity contribution < 1.29 is 9.59 Å². The van der Waals surface area contributed by atoms with Crippen LogP contribution in [-0.4, -0.2) is 29.3 Å². The Kier molecular flexibility index (Phi) is 9.05. The average Bonchev–Trinajstić information content (AvgIpc) is 2.82. The van der Waals surface area contributed by atoms with Crippen LogP contribution >= 0.6 is 15.9 Å². The smallest absolute Gasteiger partial charge is 0.243 e. The molecule has 0 saturated carbocycles. The molecule has 32 heavy (non-hydrogen) atoms. The SMILES string of the molecule is CCCNC(=O)[C@@H](Cc1ccccc1)N(Cc1ccc(Br)cc1)C(=O)Cc1ccccc1. The van der Waals surface area contributed by atoms with Gasteiger partial charge >= 0.3 is 0 Å². The highest BCUT2D eigenvalue weighted by molar-refractivity contribution is 9.10. The highest BCUT2D eigenvalue weighted by atomic mass is 79.9. The van der Waals surface area contributed by atoms with E-state index in [1.807, 2.05) is 91.9 Å². The summed E-state index contributed by atoms with van der Waals surface area (Å²) in [5.74, 6) is -0.180. The molecule has 0 aliphatic heterocycles. The van der Waals surface area contributed by atoms with E-state index < -0.39 is 6.04 Å². The molecule has 0 fully saturated rings. The molecular weight excluding hydrogens is 464 g/mol. The van der Waals surface area contributed by atoms with Crippen molar-refractivity contribution in [2.45, 2.75) is 38.8 Å². The van der Waals surface area contributed by atoms with Gasteiger partial charge in [0.2, 0.25) is 11.8 Å². The van der Waals surface area contributed by atoms with Crippen LogP contribution in [0, 0.1) is 0 Å². The summed E-state index contributed by atoms with van der Waals surface area (Å²) < 4.78 is 0.977. The maximum absolute atomic E-state index is 13.5. The molecule has 0 aromatic heterocycles. The molecule has 4 nitrogen and oxygen atoms in total. The third-order valence-electron chi connectivity index (χ3n) is 5.28. The first-order chi connectivity index (χ1) is 15.6. The molecule has 166 valence electrons. The molecule has 0 radical (unpaired) electrons. The summed E-state index contributed by atoms with van der Waals surface area (Å²) in [6, 6.07) is 26.8. The lowest BCUT2D eigenvalue weighted by molar-refractivity contribution is -0.140. The fourth-order valence-corrected chi connectivity index (χ4v) is 3.84. The first-order valence-electron chi connectivity index (χ1n) is 11.0. The number of carbonyl (C=O) groups is 2. The molecule has 0 saturated heterocycles. The first kappa shape index (κ1) is 23.7. The number of hydrogen-bond acceptors (Lipinski definition) is 2. The van der Waals surface area contributed by atoms with Crippen LogP contribution in [0.25, 0.3) is 0 Å². The van der Waals surface area contributed by atoms with E-state index in [2.05, 4.69) is 21.2 Å². The summed E-state index contributed by atoms with van der Waals surface area (Å²) >= 11 is 3.47. The van der Waals surface area contributed by atoms with E-state index in [0.717, 1.165) is 27.6 Å². The zero-order valence-corrected chi connectivity index (χ0v) is 19.9. The highest BCUT2D eigenvalue weighted by Gasteiger charge is 2.30. The van der Waals surface area contributed by atoms with Gasteiger partial charge in [0.05, 0.1) is 6.42 Å². The Bertz CT molecular complexity index is 991. The number of halogens is 1. The summed E-state index contributed by atoms with van der Waals surface area (Å²) in [7, 11) is 0. The van der Waals surface area contributed by atoms with Gasteiger partial charge in [-0.05, 0) is 35.2 Å². The fourth-order valence-electron chi connectivity index (χ4n) is 3.58. The maximum atomic E-state index is 13.5. The Morgan fingerprint density at radius 1 is 0.844 bits per heavy atom. The maximum Gasteiger partial charge on any atom is 0.243 e. The molecule has 0 spiro atoms. The van der Waals surface area contributed by atoms with Crippen molar-refractivity contribution in [1.82, 2.24) is 10.2 Å². The lowest BCUT2D eigenvalue weighted by atomic mass is 10.0. The Balaban J connectivity index is 1.93. The molecule has 0 aliphatic rings. The van der Waals surface area contributed by atoms with Crippen LogP contribution in [0.1, 0.15) is 30.0 Å². The van der Waals surface area contributed by atoms with Crippen molar-refractivity contribution in [1.29, 1.82) is 0 Å². The Labute approximate surface area is 198 Å². The summed E-state index contributed by atoms with van der Waals surface area (Å²) in [6.45, 7) is 2.98. The summed E-state index contributed by atoms with van der Waals surface area (Å²) in [4.78, 5) is 28.5. The summed E-state index contributed by atoms with van der Waals surface area (Å²) in [5.41, 5.74) is 2.94. The van der Waals surface area contributed by atoms with Crippen molar-refractivity contribution in [2.75, 3.05) is 6.54 Å². The van der Waals surface area contributed by atoms with Crippen LogP contribution in [0.4, 0.5) is 0 Å². The molecule has 0 heterocycles. The number of nitrogens with zero attached hydrogens (tertiary/aromatic N) is 1. The van der Waals surface area contributed by atoms with Crippen LogP contribution in [-0.2, 0) is 29.0 Å². The van der Waals surface area contributed by atoms with Crippen LogP contribution in [0.2, 0.25) is 0 Å². The fraction of sp³-hybridized carbons (Fsp3) is 0.259. The Morgan fingerprint density at radius 2 is 1.44 bits per heavy atom. The zero-order chi connectivity index (χ0) is 22.8. The monoisotopic (exact) mass is 492 g/mol. The lowest BCUT2D eigenvalue weighted by Gasteiger charge is -2.31. The van der Waals surface area contributed by atoms with Crippen molar-refractivity contribution in [3.05, 3.63) is 106 Å². The van der Waals surface area contributed by atoms with E-state index in [0.29, 0.717) is 19.5 Å². The van der Waals surface area contributed by atoms with Gasteiger partial charge in [0.15, 0.2) is 0 Å². The molecule has 5 heteroatoms. The normalized spacial score (nSPS) is 11.6. The van der Waals surface area contributed by atoms with E-state index in [-0.39, 0.29) is 18.2 Å². The number of benzene rings is 3. The number of hydrogen-bond donors (Lipinski definition) is 1. The molecule has 0 unspecified atom stereocenters. The highest BCUT2D eigenvalue weighted by Crippen LogP contribution is 2.18. The van der Waals surface area contributed by atoms with E-state index in [9.17, 15) is 9.59 Å². The van der Waals surface area contributed by atoms with Gasteiger partial charge in [0.1, 0.15) is 6.04 Å². The van der Waals surface area contributed by atoms with Crippen molar-refractivity contribution in [3.63, 3.8) is 0 Å². The number of carbonyl (C=O) groups excluding carboxylic acids is 2. The van der Waals surface area contributed by atoms with Gasteiger partial charge in [-0.1, -0.05) is 95.7 Å². The van der Waals surface area contributed by atoms with E-state index in [1.165, 1.54) is 0 Å². The predicted octanol–water partition coefficient (Wildman–Crippen LogP) is 5.16. The minimum atomic E-state index is -0.594. The van der Waals surface area contributed by atoms with Gasteiger partial charge in [-0.15, -0.1) is 0 Å². The zero-order valence-electron chi connectivity index (χ0n) is 18.3. The standard InChI is InChI=1S/C27H29BrN2O2/c1-2-17-29-27(32)25(18-21-9-5-3-6-10-21)30(20-23-13-15-24(28)16-14-23)26(31)19-22-11-7-4-8-12-22/h3-16,25H,2,17-20H2,1H3,(H,29,32)/t25-/m1/s1. The topological polar surface area (TPSA) is 49.4 Å². The number of amides is 2. The van der Waals surface area contributed by atoms with Gasteiger partial charge in [-0.25, -0.2) is 0 Å². The van der Waals surface area contributed by atoms with Gasteiger partial charge in [0, 0.05) is 24.0 Å². The summed E-state index contributed by atoms with van der Waals surface area (Å²) in [6.07, 6.45) is 1.56. The number of rotatable bonds is 10. The third kappa shape index (κ3) is 7.06. The molecule has 3 aromatic carbocycles. The summed E-state index contributed by atoms with van der Waals surface area (Å²) in [5, 5.41) is 3.01. The van der Waals surface area contributed by atoms with Crippen LogP contribution in [0.3, 0.4) is 0 Å². The lowest BCUT2D eigenvalue weighted by Crippen LogP contribution is -2.51. The van der Waals surface area contributed by atoms with Gasteiger partial charge in [-0.2, -0.15) is 0 Å². The Morgan fingerprint density at radius 3 is 2.03 bits per heavy atom. The van der Waals surface area contributed by atoms with Crippen molar-refractivity contribution in [2.24, 2.45) is 0 Å². The van der Waals surface area contributed by atoms with E-state index >= 15 is 0 Å². The van der Waals surface area contributed by atoms with Crippen LogP contribution in [0.15, 0.2) is 89.4 Å². The second-order valence-corrected chi connectivity index (χ2v) is 8.72. The van der Waals surface area contributed by atoms with E-state index in [1.54, 1.807) is 4.90 Å². The van der Waals surface area contributed by atoms with Gasteiger partial charge < -0.3 is 10.2 Å². The number of nitrogens with one attached hydrogen (secondary N) is 1. The second-order valence-electron chi connectivity index (χ2n) is 7.81. The molecule has 0 aliphatic carbocycles. The van der Waals surface area contributed by atoms with Crippen LogP contribution < -0.4 is 5.32 Å². The predicted molar refractivity (Wildman–Crippen MR) is 132 cm³/mol. The molecule has 1 N–H and O–H groups in total. The molecule has 3 aromatic rings. The molecule has 2 amide bonds. The largest absolute Gasteiger partial charge is 0.354 e. The van der Waals surface area contributed by atoms with Crippen molar-refractivity contribution in [3.8, 4) is 0 Å².